The first-order valence-corrected chi connectivity index (χ1v) is 5.91. The number of Topliss-reactive ketones (excluding diaryl/α,β-unsaturated/α-hetero) is 1. The van der Waals surface area contributed by atoms with Crippen LogP contribution in [0.2, 0.25) is 0 Å². The van der Waals surface area contributed by atoms with Crippen LogP contribution in [0, 0.1) is 5.41 Å². The molecular formula is C14H18O2. The predicted molar refractivity (Wildman–Crippen MR) is 63.0 cm³/mol. The SMILES string of the molecule is C[C@@]1(C(O)c2ccccc2)CCCCC1=O. The highest BCUT2D eigenvalue weighted by Crippen LogP contribution is 2.43. The highest BCUT2D eigenvalue weighted by Gasteiger charge is 2.41. The minimum absolute atomic E-state index is 0.204. The van der Waals surface area contributed by atoms with Gasteiger partial charge >= 0.3 is 0 Å². The Kier molecular flexibility index (Phi) is 3.10. The van der Waals surface area contributed by atoms with Gasteiger partial charge in [0.25, 0.3) is 0 Å². The lowest BCUT2D eigenvalue weighted by Crippen LogP contribution is -2.37. The van der Waals surface area contributed by atoms with Gasteiger partial charge in [0.1, 0.15) is 5.78 Å². The van der Waals surface area contributed by atoms with Crippen molar-refractivity contribution in [3.8, 4) is 0 Å². The molecule has 86 valence electrons. The summed E-state index contributed by atoms with van der Waals surface area (Å²) in [7, 11) is 0. The van der Waals surface area contributed by atoms with Crippen molar-refractivity contribution in [1.29, 1.82) is 0 Å². The van der Waals surface area contributed by atoms with E-state index in [1.807, 2.05) is 37.3 Å². The number of aliphatic hydroxyl groups excluding tert-OH is 1. The molecule has 2 rings (SSSR count). The van der Waals surface area contributed by atoms with Crippen molar-refractivity contribution in [2.24, 2.45) is 5.41 Å². The molecule has 0 spiro atoms. The standard InChI is InChI=1S/C14H18O2/c1-14(10-6-5-9-12(14)15)13(16)11-7-3-2-4-8-11/h2-4,7-8,13,16H,5-6,9-10H2,1H3/t13?,14-/m1/s1. The molecule has 1 unspecified atom stereocenters. The van der Waals surface area contributed by atoms with E-state index in [1.54, 1.807) is 0 Å². The van der Waals surface area contributed by atoms with E-state index in [0.717, 1.165) is 24.8 Å². The Morgan fingerprint density at radius 3 is 2.56 bits per heavy atom. The summed E-state index contributed by atoms with van der Waals surface area (Å²) >= 11 is 0. The van der Waals surface area contributed by atoms with Gasteiger partial charge in [-0.3, -0.25) is 4.79 Å². The van der Waals surface area contributed by atoms with Crippen molar-refractivity contribution in [3.05, 3.63) is 35.9 Å². The van der Waals surface area contributed by atoms with E-state index in [2.05, 4.69) is 0 Å². The van der Waals surface area contributed by atoms with Gasteiger partial charge in [-0.15, -0.1) is 0 Å². The first-order valence-electron chi connectivity index (χ1n) is 5.91. The number of rotatable bonds is 2. The lowest BCUT2D eigenvalue weighted by atomic mass is 9.69. The second-order valence-corrected chi connectivity index (χ2v) is 4.86. The monoisotopic (exact) mass is 218 g/mol. The van der Waals surface area contributed by atoms with Gasteiger partial charge in [-0.1, -0.05) is 36.8 Å². The summed E-state index contributed by atoms with van der Waals surface area (Å²) < 4.78 is 0. The summed E-state index contributed by atoms with van der Waals surface area (Å²) in [5.74, 6) is 0.204. The normalized spacial score (nSPS) is 27.8. The zero-order valence-electron chi connectivity index (χ0n) is 9.65. The third-order valence-electron chi connectivity index (χ3n) is 3.71. The number of hydrogen-bond acceptors (Lipinski definition) is 2. The van der Waals surface area contributed by atoms with Gasteiger partial charge in [0.15, 0.2) is 0 Å². The third-order valence-corrected chi connectivity index (χ3v) is 3.71. The van der Waals surface area contributed by atoms with Crippen LogP contribution in [-0.4, -0.2) is 10.9 Å². The minimum Gasteiger partial charge on any atom is -0.387 e. The van der Waals surface area contributed by atoms with E-state index in [0.29, 0.717) is 6.42 Å². The van der Waals surface area contributed by atoms with Crippen LogP contribution in [-0.2, 0) is 4.79 Å². The maximum Gasteiger partial charge on any atom is 0.141 e. The lowest BCUT2D eigenvalue weighted by molar-refractivity contribution is -0.138. The largest absolute Gasteiger partial charge is 0.387 e. The van der Waals surface area contributed by atoms with Gasteiger partial charge in [-0.2, -0.15) is 0 Å². The van der Waals surface area contributed by atoms with Crippen molar-refractivity contribution in [2.75, 3.05) is 0 Å². The summed E-state index contributed by atoms with van der Waals surface area (Å²) in [4.78, 5) is 12.0. The molecule has 16 heavy (non-hydrogen) atoms. The molecule has 1 N–H and O–H groups in total. The highest BCUT2D eigenvalue weighted by molar-refractivity contribution is 5.85. The maximum atomic E-state index is 12.0. The predicted octanol–water partition coefficient (Wildman–Crippen LogP) is 2.87. The highest BCUT2D eigenvalue weighted by atomic mass is 16.3. The Bertz CT molecular complexity index is 372. The molecule has 0 heterocycles. The van der Waals surface area contributed by atoms with E-state index in [4.69, 9.17) is 0 Å². The third kappa shape index (κ3) is 1.90. The van der Waals surface area contributed by atoms with Gasteiger partial charge in [0.05, 0.1) is 11.5 Å². The number of ketones is 1. The summed E-state index contributed by atoms with van der Waals surface area (Å²) in [5.41, 5.74) is 0.264. The van der Waals surface area contributed by atoms with Crippen LogP contribution in [0.25, 0.3) is 0 Å². The van der Waals surface area contributed by atoms with Crippen molar-refractivity contribution in [1.82, 2.24) is 0 Å². The smallest absolute Gasteiger partial charge is 0.141 e. The number of aliphatic hydroxyl groups is 1. The molecule has 1 aliphatic carbocycles. The van der Waals surface area contributed by atoms with E-state index in [9.17, 15) is 9.90 Å². The first-order chi connectivity index (χ1) is 7.64. The van der Waals surface area contributed by atoms with Crippen LogP contribution in [0.3, 0.4) is 0 Å². The zero-order valence-corrected chi connectivity index (χ0v) is 9.65. The molecule has 0 radical (unpaired) electrons. The average Bonchev–Trinajstić information content (AvgIpc) is 2.33. The number of carbonyl (C=O) groups excluding carboxylic acids is 1. The minimum atomic E-state index is -0.665. The summed E-state index contributed by atoms with van der Waals surface area (Å²) in [6.45, 7) is 1.90. The van der Waals surface area contributed by atoms with Crippen LogP contribution < -0.4 is 0 Å². The average molecular weight is 218 g/mol. The van der Waals surface area contributed by atoms with Crippen molar-refractivity contribution in [2.45, 2.75) is 38.7 Å². The second-order valence-electron chi connectivity index (χ2n) is 4.86. The summed E-state index contributed by atoms with van der Waals surface area (Å²) in [5, 5.41) is 10.4. The molecule has 2 heteroatoms. The van der Waals surface area contributed by atoms with Crippen LogP contribution in [0.15, 0.2) is 30.3 Å². The molecule has 0 saturated heterocycles. The van der Waals surface area contributed by atoms with E-state index in [-0.39, 0.29) is 5.78 Å². The summed E-state index contributed by atoms with van der Waals surface area (Å²) in [6, 6.07) is 9.49. The van der Waals surface area contributed by atoms with E-state index in [1.165, 1.54) is 0 Å². The Labute approximate surface area is 96.3 Å². The fourth-order valence-electron chi connectivity index (χ4n) is 2.50. The quantitative estimate of drug-likeness (QED) is 0.828. The fourth-order valence-corrected chi connectivity index (χ4v) is 2.50. The van der Waals surface area contributed by atoms with Gasteiger partial charge in [0, 0.05) is 6.42 Å². The lowest BCUT2D eigenvalue weighted by Gasteiger charge is -2.36. The van der Waals surface area contributed by atoms with Crippen molar-refractivity contribution >= 4 is 5.78 Å². The molecule has 0 aromatic heterocycles. The van der Waals surface area contributed by atoms with Gasteiger partial charge in [0.2, 0.25) is 0 Å². The van der Waals surface area contributed by atoms with Crippen molar-refractivity contribution < 1.29 is 9.90 Å². The molecule has 2 nitrogen and oxygen atoms in total. The zero-order chi connectivity index (χ0) is 11.6. The van der Waals surface area contributed by atoms with Crippen LogP contribution in [0.5, 0.6) is 0 Å². The molecule has 1 aromatic carbocycles. The molecule has 0 amide bonds. The molecule has 0 aliphatic heterocycles. The molecule has 1 aliphatic rings. The molecule has 1 aromatic rings. The van der Waals surface area contributed by atoms with Gasteiger partial charge in [-0.05, 0) is 25.3 Å². The van der Waals surface area contributed by atoms with Gasteiger partial charge < -0.3 is 5.11 Å². The van der Waals surface area contributed by atoms with Crippen LogP contribution in [0.1, 0.15) is 44.3 Å². The Balaban J connectivity index is 2.26. The molecule has 0 bridgehead atoms. The first kappa shape index (κ1) is 11.3. The molecular weight excluding hydrogens is 200 g/mol. The van der Waals surface area contributed by atoms with Crippen molar-refractivity contribution in [3.63, 3.8) is 0 Å². The van der Waals surface area contributed by atoms with Gasteiger partial charge in [-0.25, -0.2) is 0 Å². The summed E-state index contributed by atoms with van der Waals surface area (Å²) in [6.07, 6.45) is 2.74. The number of hydrogen-bond donors (Lipinski definition) is 1. The maximum absolute atomic E-state index is 12.0. The Hall–Kier alpha value is -1.15. The van der Waals surface area contributed by atoms with E-state index >= 15 is 0 Å². The Morgan fingerprint density at radius 1 is 1.25 bits per heavy atom. The molecule has 1 saturated carbocycles. The van der Waals surface area contributed by atoms with Crippen LogP contribution >= 0.6 is 0 Å². The molecule has 1 fully saturated rings. The van der Waals surface area contributed by atoms with Crippen LogP contribution in [0.4, 0.5) is 0 Å². The number of carbonyl (C=O) groups is 1. The second kappa shape index (κ2) is 4.38. The topological polar surface area (TPSA) is 37.3 Å². The van der Waals surface area contributed by atoms with E-state index < -0.39 is 11.5 Å². The molecule has 2 atom stereocenters. The number of benzene rings is 1. The Morgan fingerprint density at radius 2 is 1.94 bits per heavy atom. The fraction of sp³-hybridized carbons (Fsp3) is 0.500.